The normalized spacial score (nSPS) is 14.6. The van der Waals surface area contributed by atoms with Crippen molar-refractivity contribution in [2.75, 3.05) is 11.9 Å². The molecule has 0 amide bonds. The van der Waals surface area contributed by atoms with Crippen molar-refractivity contribution in [1.82, 2.24) is 0 Å². The molecule has 0 N–H and O–H groups in total. The summed E-state index contributed by atoms with van der Waals surface area (Å²) in [4.78, 5) is 14.9. The minimum absolute atomic E-state index is 0.0641. The highest BCUT2D eigenvalue weighted by atomic mass is 16.5. The van der Waals surface area contributed by atoms with Crippen LogP contribution in [0.4, 0.5) is 5.69 Å². The number of allylic oxidation sites excluding steroid dienone is 1. The lowest BCUT2D eigenvalue weighted by Crippen LogP contribution is -2.15. The van der Waals surface area contributed by atoms with Crippen molar-refractivity contribution < 1.29 is 9.53 Å². The number of hydrogen-bond acceptors (Lipinski definition) is 3. The predicted octanol–water partition coefficient (Wildman–Crippen LogP) is 5.55. The van der Waals surface area contributed by atoms with Gasteiger partial charge in [0.15, 0.2) is 11.5 Å². The lowest BCUT2D eigenvalue weighted by Gasteiger charge is -2.11. The molecule has 4 aromatic carbocycles. The van der Waals surface area contributed by atoms with Crippen LogP contribution in [-0.4, -0.2) is 12.8 Å². The van der Waals surface area contributed by atoms with Gasteiger partial charge in [-0.15, -0.1) is 0 Å². The molecule has 130 valence electrons. The van der Waals surface area contributed by atoms with Crippen molar-refractivity contribution in [1.29, 1.82) is 0 Å². The zero-order valence-corrected chi connectivity index (χ0v) is 14.8. The first-order valence-corrected chi connectivity index (χ1v) is 8.89. The van der Waals surface area contributed by atoms with Crippen LogP contribution >= 0.6 is 0 Å². The molecule has 4 aromatic rings. The third-order valence-electron chi connectivity index (χ3n) is 5.07. The van der Waals surface area contributed by atoms with Crippen LogP contribution < -0.4 is 9.64 Å². The maximum atomic E-state index is 13.0. The minimum atomic E-state index is -0.0641. The number of carbonyl (C=O) groups excluding carboxylic acids is 1. The number of nitrogens with zero attached hydrogens (tertiary/aromatic N) is 1. The maximum Gasteiger partial charge on any atom is 0.204 e. The van der Waals surface area contributed by atoms with Crippen molar-refractivity contribution in [2.24, 2.45) is 0 Å². The van der Waals surface area contributed by atoms with Crippen molar-refractivity contribution >= 4 is 33.0 Å². The van der Waals surface area contributed by atoms with Gasteiger partial charge in [0.2, 0.25) is 5.88 Å². The lowest BCUT2D eigenvalue weighted by molar-refractivity contribution is 0.104. The average molecular weight is 351 g/mol. The molecule has 27 heavy (non-hydrogen) atoms. The van der Waals surface area contributed by atoms with Crippen LogP contribution in [0.5, 0.6) is 5.75 Å². The largest absolute Gasteiger partial charge is 0.438 e. The summed E-state index contributed by atoms with van der Waals surface area (Å²) in [7, 11) is 1.92. The molecule has 1 aliphatic rings. The van der Waals surface area contributed by atoms with E-state index in [1.807, 2.05) is 78.7 Å². The van der Waals surface area contributed by atoms with E-state index in [4.69, 9.17) is 4.74 Å². The molecule has 5 rings (SSSR count). The number of rotatable bonds is 2. The van der Waals surface area contributed by atoms with Crippen LogP contribution in [0.2, 0.25) is 0 Å². The minimum Gasteiger partial charge on any atom is -0.438 e. The fourth-order valence-electron chi connectivity index (χ4n) is 3.65. The molecule has 0 atom stereocenters. The zero-order valence-electron chi connectivity index (χ0n) is 14.8. The fraction of sp³-hybridized carbons (Fsp3) is 0.0417. The Morgan fingerprint density at radius 3 is 2.30 bits per heavy atom. The molecule has 0 unspecified atom stereocenters. The summed E-state index contributed by atoms with van der Waals surface area (Å²) in [5.74, 6) is 1.28. The summed E-state index contributed by atoms with van der Waals surface area (Å²) in [6.07, 6.45) is 1.58. The second-order valence-electron chi connectivity index (χ2n) is 6.67. The summed E-state index contributed by atoms with van der Waals surface area (Å²) in [6.45, 7) is 0. The Labute approximate surface area is 157 Å². The highest BCUT2D eigenvalue weighted by Crippen LogP contribution is 2.43. The zero-order chi connectivity index (χ0) is 18.4. The molecule has 1 heterocycles. The highest BCUT2D eigenvalue weighted by molar-refractivity contribution is 6.14. The van der Waals surface area contributed by atoms with Crippen molar-refractivity contribution in [3.8, 4) is 5.75 Å². The predicted molar refractivity (Wildman–Crippen MR) is 109 cm³/mol. The quantitative estimate of drug-likeness (QED) is 0.350. The molecule has 0 fully saturated rings. The van der Waals surface area contributed by atoms with Gasteiger partial charge in [0.1, 0.15) is 0 Å². The number of ketones is 1. The van der Waals surface area contributed by atoms with Gasteiger partial charge in [0.25, 0.3) is 0 Å². The average Bonchev–Trinajstić information content (AvgIpc) is 3.03. The van der Waals surface area contributed by atoms with Gasteiger partial charge < -0.3 is 9.64 Å². The van der Waals surface area contributed by atoms with Crippen LogP contribution in [0.1, 0.15) is 10.4 Å². The monoisotopic (exact) mass is 351 g/mol. The summed E-state index contributed by atoms with van der Waals surface area (Å²) >= 11 is 0. The van der Waals surface area contributed by atoms with Crippen molar-refractivity contribution in [2.45, 2.75) is 0 Å². The molecule has 1 aliphatic heterocycles. The van der Waals surface area contributed by atoms with Crippen LogP contribution in [0, 0.1) is 0 Å². The first-order chi connectivity index (χ1) is 13.2. The molecule has 0 saturated heterocycles. The van der Waals surface area contributed by atoms with Crippen molar-refractivity contribution in [3.63, 3.8) is 0 Å². The second kappa shape index (κ2) is 5.99. The Morgan fingerprint density at radius 1 is 0.815 bits per heavy atom. The number of fused-ring (bicyclic) bond motifs is 4. The van der Waals surface area contributed by atoms with Gasteiger partial charge in [-0.2, -0.15) is 0 Å². The Morgan fingerprint density at radius 2 is 1.48 bits per heavy atom. The topological polar surface area (TPSA) is 29.5 Å². The molecule has 0 saturated carbocycles. The molecule has 3 heteroatoms. The van der Waals surface area contributed by atoms with E-state index in [0.29, 0.717) is 11.4 Å². The SMILES string of the molecule is CN1C(=CC(=O)c2cccc3ccccc23)Oc2c1ccc1ccccc21. The number of benzene rings is 4. The number of carbonyl (C=O) groups is 1. The summed E-state index contributed by atoms with van der Waals surface area (Å²) < 4.78 is 6.10. The van der Waals surface area contributed by atoms with E-state index in [0.717, 1.165) is 33.0 Å². The Kier molecular flexibility index (Phi) is 3.47. The number of anilines is 1. The fourth-order valence-corrected chi connectivity index (χ4v) is 3.65. The van der Waals surface area contributed by atoms with Gasteiger partial charge in [-0.05, 0) is 22.2 Å². The van der Waals surface area contributed by atoms with E-state index in [1.54, 1.807) is 6.08 Å². The molecule has 3 nitrogen and oxygen atoms in total. The van der Waals surface area contributed by atoms with Gasteiger partial charge in [-0.3, -0.25) is 4.79 Å². The van der Waals surface area contributed by atoms with Gasteiger partial charge in [-0.25, -0.2) is 0 Å². The van der Waals surface area contributed by atoms with E-state index in [1.165, 1.54) is 0 Å². The van der Waals surface area contributed by atoms with E-state index in [-0.39, 0.29) is 5.78 Å². The molecular formula is C24H17NO2. The lowest BCUT2D eigenvalue weighted by atomic mass is 10.0. The Hall–Kier alpha value is -3.59. The first kappa shape index (κ1) is 15.6. The van der Waals surface area contributed by atoms with Gasteiger partial charge in [-0.1, -0.05) is 72.8 Å². The number of hydrogen-bond donors (Lipinski definition) is 0. The van der Waals surface area contributed by atoms with Crippen LogP contribution in [0.3, 0.4) is 0 Å². The van der Waals surface area contributed by atoms with Crippen molar-refractivity contribution in [3.05, 3.63) is 96.4 Å². The van der Waals surface area contributed by atoms with Gasteiger partial charge in [0, 0.05) is 24.1 Å². The molecule has 0 aliphatic carbocycles. The highest BCUT2D eigenvalue weighted by Gasteiger charge is 2.26. The summed E-state index contributed by atoms with van der Waals surface area (Å²) in [5, 5.41) is 4.16. The third-order valence-corrected chi connectivity index (χ3v) is 5.07. The van der Waals surface area contributed by atoms with Crippen LogP contribution in [0.25, 0.3) is 21.5 Å². The van der Waals surface area contributed by atoms with Crippen LogP contribution in [-0.2, 0) is 0 Å². The third kappa shape index (κ3) is 2.48. The molecular weight excluding hydrogens is 334 g/mol. The molecule has 0 aromatic heterocycles. The summed E-state index contributed by atoms with van der Waals surface area (Å²) in [6, 6.07) is 25.9. The van der Waals surface area contributed by atoms with E-state index >= 15 is 0 Å². The number of ether oxygens (including phenoxy) is 1. The Balaban J connectivity index is 1.57. The smallest absolute Gasteiger partial charge is 0.204 e. The van der Waals surface area contributed by atoms with E-state index in [9.17, 15) is 4.79 Å². The van der Waals surface area contributed by atoms with Gasteiger partial charge in [0.05, 0.1) is 5.69 Å². The summed E-state index contributed by atoms with van der Waals surface area (Å²) in [5.41, 5.74) is 1.64. The molecule has 0 bridgehead atoms. The molecule has 0 radical (unpaired) electrons. The molecule has 0 spiro atoms. The maximum absolute atomic E-state index is 13.0. The first-order valence-electron chi connectivity index (χ1n) is 8.89. The Bertz CT molecular complexity index is 1230. The second-order valence-corrected chi connectivity index (χ2v) is 6.67. The van der Waals surface area contributed by atoms with Crippen LogP contribution in [0.15, 0.2) is 90.8 Å². The van der Waals surface area contributed by atoms with E-state index < -0.39 is 0 Å². The standard InChI is InChI=1S/C24H17NO2/c1-25-21-14-13-17-8-3-5-11-19(17)24(21)27-23(25)15-22(26)20-12-6-9-16-7-2-4-10-18(16)20/h2-15H,1H3. The van der Waals surface area contributed by atoms with Gasteiger partial charge >= 0.3 is 0 Å². The van der Waals surface area contributed by atoms with E-state index in [2.05, 4.69) is 12.1 Å².